The summed E-state index contributed by atoms with van der Waals surface area (Å²) in [7, 11) is 0. The summed E-state index contributed by atoms with van der Waals surface area (Å²) >= 11 is 0. The van der Waals surface area contributed by atoms with Gasteiger partial charge in [0.2, 0.25) is 0 Å². The molecule has 0 aliphatic heterocycles. The average molecular weight is 188 g/mol. The maximum Gasteiger partial charge on any atom is 0.0851 e. The topological polar surface area (TPSA) is 60.7 Å². The van der Waals surface area contributed by atoms with Gasteiger partial charge in [0.15, 0.2) is 0 Å². The number of rotatable bonds is 4. The molecule has 1 rings (SSSR count). The van der Waals surface area contributed by atoms with Crippen LogP contribution in [-0.4, -0.2) is 34.1 Å². The van der Waals surface area contributed by atoms with Crippen molar-refractivity contribution in [2.45, 2.75) is 51.2 Å². The van der Waals surface area contributed by atoms with Crippen molar-refractivity contribution in [3.8, 4) is 0 Å². The maximum absolute atomic E-state index is 9.84. The fraction of sp³-hybridized carbons (Fsp3) is 1.00. The molecule has 1 aliphatic carbocycles. The first-order valence-corrected chi connectivity index (χ1v) is 5.14. The lowest BCUT2D eigenvalue weighted by Crippen LogP contribution is -2.44. The van der Waals surface area contributed by atoms with E-state index in [1.54, 1.807) is 0 Å². The van der Waals surface area contributed by atoms with Gasteiger partial charge in [-0.15, -0.1) is 0 Å². The molecule has 78 valence electrons. The Labute approximate surface area is 79.4 Å². The van der Waals surface area contributed by atoms with Crippen LogP contribution in [0, 0.1) is 5.41 Å². The van der Waals surface area contributed by atoms with Crippen LogP contribution in [0.15, 0.2) is 0 Å². The van der Waals surface area contributed by atoms with E-state index in [4.69, 9.17) is 5.11 Å². The first-order chi connectivity index (χ1) is 6.17. The molecular formula is C10H20O3. The SMILES string of the molecule is CCC(O)C1(C(O)CO)CCCC1. The highest BCUT2D eigenvalue weighted by molar-refractivity contribution is 4.95. The lowest BCUT2D eigenvalue weighted by Gasteiger charge is -2.37. The van der Waals surface area contributed by atoms with Crippen molar-refractivity contribution < 1.29 is 15.3 Å². The standard InChI is InChI=1S/C10H20O3/c1-2-8(12)10(9(13)7-11)5-3-4-6-10/h8-9,11-13H,2-7H2,1H3. The molecule has 0 amide bonds. The summed E-state index contributed by atoms with van der Waals surface area (Å²) in [6.07, 6.45) is 3.19. The van der Waals surface area contributed by atoms with Crippen LogP contribution in [0.25, 0.3) is 0 Å². The summed E-state index contributed by atoms with van der Waals surface area (Å²) in [6.45, 7) is 1.67. The second-order valence-electron chi connectivity index (χ2n) is 4.06. The smallest absolute Gasteiger partial charge is 0.0851 e. The average Bonchev–Trinajstić information content (AvgIpc) is 2.65. The Morgan fingerprint density at radius 3 is 2.08 bits per heavy atom. The molecular weight excluding hydrogens is 168 g/mol. The van der Waals surface area contributed by atoms with E-state index in [2.05, 4.69) is 0 Å². The lowest BCUT2D eigenvalue weighted by molar-refractivity contribution is -0.0874. The fourth-order valence-electron chi connectivity index (χ4n) is 2.51. The second kappa shape index (κ2) is 4.40. The zero-order valence-electron chi connectivity index (χ0n) is 8.24. The normalized spacial score (nSPS) is 25.8. The summed E-state index contributed by atoms with van der Waals surface area (Å²) in [5.41, 5.74) is -0.427. The van der Waals surface area contributed by atoms with Gasteiger partial charge in [0.1, 0.15) is 0 Å². The van der Waals surface area contributed by atoms with Crippen molar-refractivity contribution >= 4 is 0 Å². The van der Waals surface area contributed by atoms with Crippen LogP contribution in [0.4, 0.5) is 0 Å². The third-order valence-corrected chi connectivity index (χ3v) is 3.42. The molecule has 1 aliphatic rings. The minimum atomic E-state index is -0.759. The highest BCUT2D eigenvalue weighted by atomic mass is 16.3. The molecule has 0 radical (unpaired) electrons. The van der Waals surface area contributed by atoms with Crippen LogP contribution < -0.4 is 0 Å². The number of aliphatic hydroxyl groups excluding tert-OH is 3. The van der Waals surface area contributed by atoms with E-state index in [1.807, 2.05) is 6.92 Å². The van der Waals surface area contributed by atoms with Crippen molar-refractivity contribution in [3.05, 3.63) is 0 Å². The van der Waals surface area contributed by atoms with Gasteiger partial charge in [-0.25, -0.2) is 0 Å². The molecule has 13 heavy (non-hydrogen) atoms. The molecule has 2 unspecified atom stereocenters. The monoisotopic (exact) mass is 188 g/mol. The van der Waals surface area contributed by atoms with Crippen molar-refractivity contribution in [1.29, 1.82) is 0 Å². The zero-order chi connectivity index (χ0) is 9.90. The molecule has 1 saturated carbocycles. The van der Waals surface area contributed by atoms with Crippen molar-refractivity contribution in [1.82, 2.24) is 0 Å². The molecule has 0 bridgehead atoms. The molecule has 3 heteroatoms. The van der Waals surface area contributed by atoms with E-state index >= 15 is 0 Å². The Morgan fingerprint density at radius 2 is 1.69 bits per heavy atom. The summed E-state index contributed by atoms with van der Waals surface area (Å²) in [4.78, 5) is 0. The van der Waals surface area contributed by atoms with Gasteiger partial charge in [0, 0.05) is 5.41 Å². The minimum Gasteiger partial charge on any atom is -0.394 e. The van der Waals surface area contributed by atoms with E-state index in [0.29, 0.717) is 6.42 Å². The number of hydrogen-bond acceptors (Lipinski definition) is 3. The summed E-state index contributed by atoms with van der Waals surface area (Å²) in [6, 6.07) is 0. The van der Waals surface area contributed by atoms with Gasteiger partial charge in [-0.2, -0.15) is 0 Å². The van der Waals surface area contributed by atoms with Crippen LogP contribution in [0.1, 0.15) is 39.0 Å². The Balaban J connectivity index is 2.73. The molecule has 3 nitrogen and oxygen atoms in total. The minimum absolute atomic E-state index is 0.239. The van der Waals surface area contributed by atoms with Crippen LogP contribution in [0.2, 0.25) is 0 Å². The van der Waals surface area contributed by atoms with Crippen LogP contribution in [0.5, 0.6) is 0 Å². The van der Waals surface area contributed by atoms with Crippen molar-refractivity contribution in [2.24, 2.45) is 5.41 Å². The third kappa shape index (κ3) is 1.87. The van der Waals surface area contributed by atoms with E-state index in [9.17, 15) is 10.2 Å². The van der Waals surface area contributed by atoms with Gasteiger partial charge in [0.25, 0.3) is 0 Å². The zero-order valence-corrected chi connectivity index (χ0v) is 8.24. The van der Waals surface area contributed by atoms with E-state index in [-0.39, 0.29) is 6.61 Å². The molecule has 0 saturated heterocycles. The van der Waals surface area contributed by atoms with Gasteiger partial charge in [-0.1, -0.05) is 19.8 Å². The third-order valence-electron chi connectivity index (χ3n) is 3.42. The second-order valence-corrected chi connectivity index (χ2v) is 4.06. The Kier molecular flexibility index (Phi) is 3.71. The van der Waals surface area contributed by atoms with Gasteiger partial charge < -0.3 is 15.3 Å². The molecule has 0 spiro atoms. The Bertz CT molecular complexity index is 140. The van der Waals surface area contributed by atoms with Crippen LogP contribution in [-0.2, 0) is 0 Å². The van der Waals surface area contributed by atoms with Crippen molar-refractivity contribution in [3.63, 3.8) is 0 Å². The molecule has 2 atom stereocenters. The van der Waals surface area contributed by atoms with Crippen LogP contribution in [0.3, 0.4) is 0 Å². The quantitative estimate of drug-likeness (QED) is 0.607. The Hall–Kier alpha value is -0.120. The molecule has 0 aromatic rings. The van der Waals surface area contributed by atoms with Gasteiger partial charge in [0.05, 0.1) is 18.8 Å². The Morgan fingerprint density at radius 1 is 1.15 bits per heavy atom. The van der Waals surface area contributed by atoms with Gasteiger partial charge in [-0.3, -0.25) is 0 Å². The first-order valence-electron chi connectivity index (χ1n) is 5.14. The summed E-state index contributed by atoms with van der Waals surface area (Å²) in [5.74, 6) is 0. The highest BCUT2D eigenvalue weighted by Crippen LogP contribution is 2.44. The number of hydrogen-bond donors (Lipinski definition) is 3. The van der Waals surface area contributed by atoms with Gasteiger partial charge >= 0.3 is 0 Å². The highest BCUT2D eigenvalue weighted by Gasteiger charge is 2.45. The maximum atomic E-state index is 9.84. The van der Waals surface area contributed by atoms with Crippen molar-refractivity contribution in [2.75, 3.05) is 6.61 Å². The van der Waals surface area contributed by atoms with Crippen LogP contribution >= 0.6 is 0 Å². The van der Waals surface area contributed by atoms with E-state index in [1.165, 1.54) is 0 Å². The number of aliphatic hydroxyl groups is 3. The molecule has 3 N–H and O–H groups in total. The fourth-order valence-corrected chi connectivity index (χ4v) is 2.51. The summed E-state index contributed by atoms with van der Waals surface area (Å²) in [5, 5.41) is 28.5. The predicted octanol–water partition coefficient (Wildman–Crippen LogP) is 0.671. The van der Waals surface area contributed by atoms with Gasteiger partial charge in [-0.05, 0) is 19.3 Å². The first kappa shape index (κ1) is 11.0. The summed E-state index contributed by atoms with van der Waals surface area (Å²) < 4.78 is 0. The van der Waals surface area contributed by atoms with E-state index < -0.39 is 17.6 Å². The molecule has 0 aromatic heterocycles. The predicted molar refractivity (Wildman–Crippen MR) is 50.3 cm³/mol. The molecule has 0 aromatic carbocycles. The van der Waals surface area contributed by atoms with E-state index in [0.717, 1.165) is 25.7 Å². The lowest BCUT2D eigenvalue weighted by atomic mass is 9.74. The molecule has 1 fully saturated rings. The molecule has 0 heterocycles. The largest absolute Gasteiger partial charge is 0.394 e.